The molecule has 4 aromatic carbocycles. The molecule has 0 spiro atoms. The highest BCUT2D eigenvalue weighted by atomic mass is 16.1. The van der Waals surface area contributed by atoms with Crippen molar-refractivity contribution < 1.29 is 4.79 Å². The van der Waals surface area contributed by atoms with Crippen molar-refractivity contribution in [2.75, 3.05) is 13.1 Å². The number of benzene rings is 4. The quantitative estimate of drug-likeness (QED) is 0.437. The predicted molar refractivity (Wildman–Crippen MR) is 124 cm³/mol. The van der Waals surface area contributed by atoms with Crippen LogP contribution in [0.4, 0.5) is 0 Å². The van der Waals surface area contributed by atoms with E-state index in [0.29, 0.717) is 6.54 Å². The molecule has 0 atom stereocenters. The maximum absolute atomic E-state index is 12.5. The molecule has 1 amide bonds. The molecule has 0 unspecified atom stereocenters. The van der Waals surface area contributed by atoms with Crippen molar-refractivity contribution in [3.8, 4) is 0 Å². The van der Waals surface area contributed by atoms with Gasteiger partial charge >= 0.3 is 0 Å². The largest absolute Gasteiger partial charge is 0.352 e. The molecule has 0 radical (unpaired) electrons. The van der Waals surface area contributed by atoms with Crippen LogP contribution >= 0.6 is 0 Å². The maximum Gasteiger partial charge on any atom is 0.251 e. The lowest BCUT2D eigenvalue weighted by Gasteiger charge is -2.29. The van der Waals surface area contributed by atoms with E-state index >= 15 is 0 Å². The molecule has 0 aliphatic carbocycles. The van der Waals surface area contributed by atoms with Gasteiger partial charge in [-0.25, -0.2) is 0 Å². The average molecular weight is 395 g/mol. The molecule has 0 fully saturated rings. The molecule has 0 bridgehead atoms. The molecule has 0 saturated heterocycles. The van der Waals surface area contributed by atoms with Gasteiger partial charge < -0.3 is 5.32 Å². The fourth-order valence-corrected chi connectivity index (χ4v) is 4.56. The van der Waals surface area contributed by atoms with Crippen LogP contribution in [0.25, 0.3) is 21.5 Å². The standard InChI is InChI=1S/C27H26N2O/c30-27(23-14-13-20-7-1-2-8-22(20)17-23)28-15-3-4-16-29-18-24-11-5-9-21-10-6-12-25(19-29)26(21)24/h1-2,5-14,17H,3-4,15-16,18-19H2,(H,28,30). The normalized spacial score (nSPS) is 13.6. The Hall–Kier alpha value is -3.17. The minimum Gasteiger partial charge on any atom is -0.352 e. The first kappa shape index (κ1) is 18.8. The summed E-state index contributed by atoms with van der Waals surface area (Å²) in [5, 5.41) is 8.13. The number of rotatable bonds is 6. The van der Waals surface area contributed by atoms with Gasteiger partial charge in [-0.1, -0.05) is 66.7 Å². The molecule has 150 valence electrons. The predicted octanol–water partition coefficient (Wildman–Crippen LogP) is 5.52. The van der Waals surface area contributed by atoms with Gasteiger partial charge in [0, 0.05) is 25.2 Å². The molecule has 0 aromatic heterocycles. The van der Waals surface area contributed by atoms with Crippen molar-refractivity contribution in [1.82, 2.24) is 10.2 Å². The summed E-state index contributed by atoms with van der Waals surface area (Å²) in [5.74, 6) is 0.0133. The molecule has 1 N–H and O–H groups in total. The van der Waals surface area contributed by atoms with Gasteiger partial charge in [0.1, 0.15) is 0 Å². The molecule has 1 heterocycles. The highest BCUT2D eigenvalue weighted by molar-refractivity contribution is 5.98. The van der Waals surface area contributed by atoms with Gasteiger partial charge in [-0.15, -0.1) is 0 Å². The Morgan fingerprint density at radius 3 is 2.23 bits per heavy atom. The molecular formula is C27H26N2O. The lowest BCUT2D eigenvalue weighted by molar-refractivity contribution is 0.0952. The molecule has 1 aliphatic rings. The third-order valence-corrected chi connectivity index (χ3v) is 6.06. The number of carbonyl (C=O) groups excluding carboxylic acids is 1. The smallest absolute Gasteiger partial charge is 0.251 e. The number of hydrogen-bond donors (Lipinski definition) is 1. The van der Waals surface area contributed by atoms with E-state index in [1.165, 1.54) is 21.9 Å². The van der Waals surface area contributed by atoms with Crippen LogP contribution in [0.3, 0.4) is 0 Å². The number of unbranched alkanes of at least 4 members (excludes halogenated alkanes) is 1. The minimum absolute atomic E-state index is 0.0133. The third kappa shape index (κ3) is 3.81. The molecule has 1 aliphatic heterocycles. The van der Waals surface area contributed by atoms with Crippen LogP contribution in [-0.4, -0.2) is 23.9 Å². The Morgan fingerprint density at radius 2 is 1.47 bits per heavy atom. The van der Waals surface area contributed by atoms with Gasteiger partial charge in [-0.05, 0) is 64.2 Å². The number of carbonyl (C=O) groups is 1. The van der Waals surface area contributed by atoms with Crippen molar-refractivity contribution >= 4 is 27.5 Å². The number of nitrogens with one attached hydrogen (secondary N) is 1. The SMILES string of the molecule is O=C(NCCCCN1Cc2cccc3cccc(c23)C1)c1ccc2ccccc2c1. The van der Waals surface area contributed by atoms with Crippen molar-refractivity contribution in [3.05, 3.63) is 95.6 Å². The zero-order chi connectivity index (χ0) is 20.3. The number of amides is 1. The van der Waals surface area contributed by atoms with Crippen LogP contribution in [0.15, 0.2) is 78.9 Å². The number of fused-ring (bicyclic) bond motifs is 1. The summed E-state index contributed by atoms with van der Waals surface area (Å²) in [6.07, 6.45) is 2.07. The fraction of sp³-hybridized carbons (Fsp3) is 0.222. The van der Waals surface area contributed by atoms with Crippen molar-refractivity contribution in [2.45, 2.75) is 25.9 Å². The van der Waals surface area contributed by atoms with Crippen molar-refractivity contribution in [1.29, 1.82) is 0 Å². The number of nitrogens with zero attached hydrogens (tertiary/aromatic N) is 1. The zero-order valence-electron chi connectivity index (χ0n) is 17.1. The van der Waals surface area contributed by atoms with Crippen molar-refractivity contribution in [2.24, 2.45) is 0 Å². The second-order valence-corrected chi connectivity index (χ2v) is 8.17. The third-order valence-electron chi connectivity index (χ3n) is 6.06. The zero-order valence-corrected chi connectivity index (χ0v) is 17.1. The van der Waals surface area contributed by atoms with E-state index in [4.69, 9.17) is 0 Å². The van der Waals surface area contributed by atoms with Crippen molar-refractivity contribution in [3.63, 3.8) is 0 Å². The van der Waals surface area contributed by atoms with Gasteiger partial charge in [-0.3, -0.25) is 9.69 Å². The monoisotopic (exact) mass is 394 g/mol. The van der Waals surface area contributed by atoms with E-state index in [1.54, 1.807) is 0 Å². The van der Waals surface area contributed by atoms with Crippen LogP contribution in [-0.2, 0) is 13.1 Å². The van der Waals surface area contributed by atoms with E-state index < -0.39 is 0 Å². The Balaban J connectivity index is 1.11. The molecule has 4 aromatic rings. The van der Waals surface area contributed by atoms with E-state index in [9.17, 15) is 4.79 Å². The van der Waals surface area contributed by atoms with E-state index in [-0.39, 0.29) is 5.91 Å². The molecule has 0 saturated carbocycles. The summed E-state index contributed by atoms with van der Waals surface area (Å²) in [4.78, 5) is 15.0. The summed E-state index contributed by atoms with van der Waals surface area (Å²) in [6, 6.07) is 27.3. The van der Waals surface area contributed by atoms with Gasteiger partial charge in [0.15, 0.2) is 0 Å². The number of hydrogen-bond acceptors (Lipinski definition) is 2. The molecule has 5 rings (SSSR count). The van der Waals surface area contributed by atoms with E-state index in [2.05, 4.69) is 52.7 Å². The molecule has 3 heteroatoms. The maximum atomic E-state index is 12.5. The molecule has 3 nitrogen and oxygen atoms in total. The first-order chi connectivity index (χ1) is 14.8. The first-order valence-corrected chi connectivity index (χ1v) is 10.8. The highest BCUT2D eigenvalue weighted by Crippen LogP contribution is 2.29. The molecular weight excluding hydrogens is 368 g/mol. The van der Waals surface area contributed by atoms with E-state index in [0.717, 1.165) is 48.8 Å². The Kier molecular flexibility index (Phi) is 5.20. The lowest BCUT2D eigenvalue weighted by Crippen LogP contribution is -2.29. The summed E-state index contributed by atoms with van der Waals surface area (Å²) in [6.45, 7) is 3.79. The first-order valence-electron chi connectivity index (χ1n) is 10.8. The fourth-order valence-electron chi connectivity index (χ4n) is 4.56. The van der Waals surface area contributed by atoms with Crippen LogP contribution < -0.4 is 5.32 Å². The van der Waals surface area contributed by atoms with Gasteiger partial charge in [-0.2, -0.15) is 0 Å². The van der Waals surface area contributed by atoms with Gasteiger partial charge in [0.25, 0.3) is 5.91 Å². The molecule has 30 heavy (non-hydrogen) atoms. The second kappa shape index (κ2) is 8.29. The van der Waals surface area contributed by atoms with E-state index in [1.807, 2.05) is 36.4 Å². The summed E-state index contributed by atoms with van der Waals surface area (Å²) < 4.78 is 0. The van der Waals surface area contributed by atoms with Crippen LogP contribution in [0.2, 0.25) is 0 Å². The summed E-state index contributed by atoms with van der Waals surface area (Å²) in [7, 11) is 0. The minimum atomic E-state index is 0.0133. The van der Waals surface area contributed by atoms with Crippen LogP contribution in [0.1, 0.15) is 34.3 Å². The van der Waals surface area contributed by atoms with Crippen LogP contribution in [0.5, 0.6) is 0 Å². The summed E-state index contributed by atoms with van der Waals surface area (Å²) >= 11 is 0. The van der Waals surface area contributed by atoms with Crippen LogP contribution in [0, 0.1) is 0 Å². The Labute approximate surface area is 177 Å². The second-order valence-electron chi connectivity index (χ2n) is 8.17. The van der Waals surface area contributed by atoms with Gasteiger partial charge in [0.05, 0.1) is 0 Å². The average Bonchev–Trinajstić information content (AvgIpc) is 2.79. The van der Waals surface area contributed by atoms with Gasteiger partial charge in [0.2, 0.25) is 0 Å². The lowest BCUT2D eigenvalue weighted by atomic mass is 9.95. The Bertz CT molecular complexity index is 1170. The topological polar surface area (TPSA) is 32.3 Å². The Morgan fingerprint density at radius 1 is 0.767 bits per heavy atom. The summed E-state index contributed by atoms with van der Waals surface area (Å²) in [5.41, 5.74) is 3.59. The highest BCUT2D eigenvalue weighted by Gasteiger charge is 2.17.